The van der Waals surface area contributed by atoms with Crippen LogP contribution in [0.25, 0.3) is 0 Å². The Morgan fingerprint density at radius 1 is 0.719 bits per heavy atom. The Morgan fingerprint density at radius 2 is 1.30 bits per heavy atom. The predicted molar refractivity (Wildman–Crippen MR) is 250 cm³/mol. The van der Waals surface area contributed by atoms with Crippen LogP contribution in [0.2, 0.25) is 0 Å². The monoisotopic (exact) mass is 868 g/mol. The summed E-state index contributed by atoms with van der Waals surface area (Å²) in [4.78, 5) is 44.0. The molecular formula is C56H68O8. The van der Waals surface area contributed by atoms with Gasteiger partial charge < -0.3 is 14.2 Å². The van der Waals surface area contributed by atoms with Crippen LogP contribution in [0.1, 0.15) is 162 Å². The quantitative estimate of drug-likeness (QED) is 0.0272. The van der Waals surface area contributed by atoms with Crippen LogP contribution >= 0.6 is 0 Å². The molecule has 0 heterocycles. The van der Waals surface area contributed by atoms with E-state index in [2.05, 4.69) is 61.1 Å². The SMILES string of the molecule is C=CC(CCCCOC(=O)C1CCC(C(=O)Oc2ccc(C(=O)OC3(C#Cc4ccc(C#Cc5ccc(C)cc5)cc4)CCC(C4CCC(CCCCC)CC4)CC3)cc2)CC1)OO. The van der Waals surface area contributed by atoms with Gasteiger partial charge in [0.25, 0.3) is 0 Å². The van der Waals surface area contributed by atoms with Gasteiger partial charge in [0.15, 0.2) is 5.60 Å². The Morgan fingerprint density at radius 3 is 1.89 bits per heavy atom. The molecule has 8 nitrogen and oxygen atoms in total. The van der Waals surface area contributed by atoms with Gasteiger partial charge in [0.2, 0.25) is 0 Å². The second-order valence-electron chi connectivity index (χ2n) is 18.5. The summed E-state index contributed by atoms with van der Waals surface area (Å²) < 4.78 is 17.6. The van der Waals surface area contributed by atoms with Crippen LogP contribution in [0.4, 0.5) is 0 Å². The Balaban J connectivity index is 1.03. The molecule has 1 unspecified atom stereocenters. The number of unbranched alkanes of at least 4 members (excludes halogenated alkanes) is 3. The molecule has 1 N–H and O–H groups in total. The normalized spacial score (nSPS) is 23.5. The van der Waals surface area contributed by atoms with Crippen LogP contribution < -0.4 is 4.74 Å². The number of benzene rings is 3. The molecule has 0 aliphatic heterocycles. The first-order valence-corrected chi connectivity index (χ1v) is 24.0. The molecular weight excluding hydrogens is 801 g/mol. The molecule has 3 saturated carbocycles. The minimum absolute atomic E-state index is 0.238. The first-order valence-electron chi connectivity index (χ1n) is 24.0. The molecule has 3 fully saturated rings. The van der Waals surface area contributed by atoms with Crippen molar-refractivity contribution in [2.75, 3.05) is 6.61 Å². The molecule has 340 valence electrons. The summed E-state index contributed by atoms with van der Waals surface area (Å²) in [7, 11) is 0. The molecule has 6 rings (SSSR count). The maximum absolute atomic E-state index is 13.9. The molecule has 0 amide bonds. The Kier molecular flexibility index (Phi) is 18.7. The van der Waals surface area contributed by atoms with Gasteiger partial charge in [-0.2, -0.15) is 0 Å². The highest BCUT2D eigenvalue weighted by atomic mass is 17.1. The van der Waals surface area contributed by atoms with Crippen molar-refractivity contribution >= 4 is 17.9 Å². The number of hydrogen-bond donors (Lipinski definition) is 1. The van der Waals surface area contributed by atoms with Crippen LogP contribution in [0.15, 0.2) is 85.5 Å². The van der Waals surface area contributed by atoms with E-state index < -0.39 is 17.7 Å². The first-order chi connectivity index (χ1) is 31.2. The predicted octanol–water partition coefficient (Wildman–Crippen LogP) is 12.4. The lowest BCUT2D eigenvalue weighted by Gasteiger charge is -2.41. The van der Waals surface area contributed by atoms with Gasteiger partial charge >= 0.3 is 17.9 Å². The van der Waals surface area contributed by atoms with Gasteiger partial charge in [-0.3, -0.25) is 14.8 Å². The van der Waals surface area contributed by atoms with Gasteiger partial charge in [-0.05, 0) is 175 Å². The van der Waals surface area contributed by atoms with Crippen molar-refractivity contribution in [1.82, 2.24) is 0 Å². The van der Waals surface area contributed by atoms with Crippen molar-refractivity contribution in [3.05, 3.63) is 113 Å². The van der Waals surface area contributed by atoms with Crippen LogP contribution in [-0.4, -0.2) is 41.5 Å². The summed E-state index contributed by atoms with van der Waals surface area (Å²) in [5.74, 6) is 14.3. The van der Waals surface area contributed by atoms with Crippen molar-refractivity contribution in [2.24, 2.45) is 29.6 Å². The molecule has 3 aliphatic rings. The molecule has 0 bridgehead atoms. The molecule has 1 atom stereocenters. The summed E-state index contributed by atoms with van der Waals surface area (Å²) in [6.45, 7) is 8.25. The Hall–Kier alpha value is -5.15. The number of hydrogen-bond acceptors (Lipinski definition) is 8. The number of rotatable bonds is 17. The number of esters is 3. The first kappa shape index (κ1) is 48.3. The van der Waals surface area contributed by atoms with Gasteiger partial charge in [0.1, 0.15) is 11.9 Å². The van der Waals surface area contributed by atoms with Gasteiger partial charge in [0, 0.05) is 16.7 Å². The summed E-state index contributed by atoms with van der Waals surface area (Å²) in [5, 5.41) is 8.80. The average molecular weight is 869 g/mol. The standard InChI is InChI=1S/C56H68O8/c1-4-6-7-10-42-22-24-46(25-23-42)47-35-38-56(39-36-47,37-34-45-20-18-44(19-21-45)17-16-43-14-12-41(3)13-15-43)63-55(59)50-30-32-52(33-31-50)62-54(58)49-28-26-48(27-29-49)53(57)61-40-9-8-11-51(5-2)64-60/h5,12-15,18-21,30-33,42,46-49,51,60H,2,4,6-11,22-29,35-36,38-40H2,1,3H3. The highest BCUT2D eigenvalue weighted by Gasteiger charge is 2.41. The zero-order valence-corrected chi connectivity index (χ0v) is 38.1. The highest BCUT2D eigenvalue weighted by molar-refractivity contribution is 5.90. The van der Waals surface area contributed by atoms with Crippen molar-refractivity contribution in [2.45, 2.75) is 148 Å². The van der Waals surface area contributed by atoms with E-state index in [1.807, 2.05) is 36.4 Å². The zero-order chi connectivity index (χ0) is 45.2. The van der Waals surface area contributed by atoms with E-state index in [0.29, 0.717) is 75.2 Å². The second-order valence-corrected chi connectivity index (χ2v) is 18.5. The van der Waals surface area contributed by atoms with Gasteiger partial charge in [-0.15, -0.1) is 6.58 Å². The molecule has 3 aliphatic carbocycles. The van der Waals surface area contributed by atoms with Crippen LogP contribution in [0.3, 0.4) is 0 Å². The second kappa shape index (κ2) is 24.8. The fraction of sp³-hybridized carbons (Fsp3) is 0.518. The summed E-state index contributed by atoms with van der Waals surface area (Å²) in [6, 6.07) is 22.7. The molecule has 3 aromatic carbocycles. The van der Waals surface area contributed by atoms with Crippen molar-refractivity contribution in [3.8, 4) is 29.4 Å². The molecule has 3 aromatic rings. The molecule has 0 spiro atoms. The molecule has 0 saturated heterocycles. The number of ether oxygens (including phenoxy) is 3. The van der Waals surface area contributed by atoms with Crippen molar-refractivity contribution in [1.29, 1.82) is 0 Å². The van der Waals surface area contributed by atoms with Gasteiger partial charge in [-0.25, -0.2) is 9.68 Å². The Labute approximate surface area is 381 Å². The minimum atomic E-state index is -0.907. The van der Waals surface area contributed by atoms with E-state index in [1.165, 1.54) is 63.0 Å². The summed E-state index contributed by atoms with van der Waals surface area (Å²) in [5.41, 5.74) is 3.40. The van der Waals surface area contributed by atoms with E-state index in [9.17, 15) is 14.4 Å². The molecule has 0 aromatic heterocycles. The molecule has 0 radical (unpaired) electrons. The summed E-state index contributed by atoms with van der Waals surface area (Å²) >= 11 is 0. The molecule has 8 heteroatoms. The minimum Gasteiger partial charge on any atom is -0.465 e. The fourth-order valence-electron chi connectivity index (χ4n) is 9.68. The fourth-order valence-corrected chi connectivity index (χ4v) is 9.68. The largest absolute Gasteiger partial charge is 0.465 e. The van der Waals surface area contributed by atoms with Gasteiger partial charge in [-0.1, -0.05) is 87.0 Å². The van der Waals surface area contributed by atoms with Crippen LogP contribution in [0, 0.1) is 60.2 Å². The third-order valence-corrected chi connectivity index (χ3v) is 13.9. The van der Waals surface area contributed by atoms with E-state index in [0.717, 1.165) is 47.8 Å². The highest BCUT2D eigenvalue weighted by Crippen LogP contribution is 2.44. The van der Waals surface area contributed by atoms with Crippen molar-refractivity contribution in [3.63, 3.8) is 0 Å². The third kappa shape index (κ3) is 14.7. The topological polar surface area (TPSA) is 108 Å². The third-order valence-electron chi connectivity index (χ3n) is 13.9. The lowest BCUT2D eigenvalue weighted by atomic mass is 9.67. The number of carbonyl (C=O) groups excluding carboxylic acids is 3. The van der Waals surface area contributed by atoms with E-state index in [1.54, 1.807) is 24.3 Å². The smallest absolute Gasteiger partial charge is 0.339 e. The molecule has 64 heavy (non-hydrogen) atoms. The number of aryl methyl sites for hydroxylation is 1. The maximum atomic E-state index is 13.9. The van der Waals surface area contributed by atoms with Crippen LogP contribution in [-0.2, 0) is 24.0 Å². The van der Waals surface area contributed by atoms with E-state index in [-0.39, 0.29) is 23.8 Å². The number of carbonyl (C=O) groups is 3. The average Bonchev–Trinajstić information content (AvgIpc) is 3.33. The lowest BCUT2D eigenvalue weighted by Crippen LogP contribution is -2.39. The summed E-state index contributed by atoms with van der Waals surface area (Å²) in [6.07, 6.45) is 19.2. The van der Waals surface area contributed by atoms with E-state index >= 15 is 0 Å². The van der Waals surface area contributed by atoms with Gasteiger partial charge in [0.05, 0.1) is 24.0 Å². The Bertz CT molecular complexity index is 2070. The maximum Gasteiger partial charge on any atom is 0.339 e. The van der Waals surface area contributed by atoms with E-state index in [4.69, 9.17) is 19.5 Å². The van der Waals surface area contributed by atoms with Crippen LogP contribution in [0.5, 0.6) is 5.75 Å². The van der Waals surface area contributed by atoms with Crippen molar-refractivity contribution < 1.29 is 38.7 Å². The zero-order valence-electron chi connectivity index (χ0n) is 38.1. The lowest BCUT2D eigenvalue weighted by molar-refractivity contribution is -0.267.